The number of hydrogen-bond acceptors (Lipinski definition) is 5. The molecule has 8 nitrogen and oxygen atoms in total. The number of nitrogens with zero attached hydrogens (tertiary/aromatic N) is 2. The number of rotatable bonds is 6. The number of carbonyl (C=O) groups excluding carboxylic acids is 2. The van der Waals surface area contributed by atoms with Gasteiger partial charge in [-0.3, -0.25) is 0 Å². The molecule has 8 heteroatoms. The third kappa shape index (κ3) is 4.21. The van der Waals surface area contributed by atoms with Gasteiger partial charge in [0.15, 0.2) is 0 Å². The number of urea groups is 1. The van der Waals surface area contributed by atoms with Gasteiger partial charge in [-0.25, -0.2) is 14.6 Å². The lowest BCUT2D eigenvalue weighted by Crippen LogP contribution is -2.53. The van der Waals surface area contributed by atoms with Crippen molar-refractivity contribution in [3.63, 3.8) is 0 Å². The third-order valence-corrected chi connectivity index (χ3v) is 5.56. The topological polar surface area (TPSA) is 96.5 Å². The number of nitrogens with one attached hydrogen (secondary N) is 2. The summed E-state index contributed by atoms with van der Waals surface area (Å²) in [6.07, 6.45) is 3.06. The Kier molecular flexibility index (Phi) is 6.41. The predicted octanol–water partition coefficient (Wildman–Crippen LogP) is 2.66. The van der Waals surface area contributed by atoms with Crippen molar-refractivity contribution in [1.82, 2.24) is 20.2 Å². The minimum Gasteiger partial charge on any atom is -0.497 e. The number of hydrogen-bond donors (Lipinski definition) is 2. The molecular formula is C21H28N4O4. The highest BCUT2D eigenvalue weighted by Gasteiger charge is 2.36. The molecule has 2 amide bonds. The van der Waals surface area contributed by atoms with Crippen LogP contribution in [-0.2, 0) is 16.0 Å². The van der Waals surface area contributed by atoms with Crippen molar-refractivity contribution in [1.29, 1.82) is 0 Å². The van der Waals surface area contributed by atoms with Crippen LogP contribution in [0.1, 0.15) is 43.3 Å². The molecule has 1 aliphatic rings. The number of esters is 1. The van der Waals surface area contributed by atoms with Crippen molar-refractivity contribution in [3.8, 4) is 5.75 Å². The van der Waals surface area contributed by atoms with Gasteiger partial charge in [0.05, 0.1) is 26.2 Å². The number of amides is 2. The standard InChI is InChI=1S/C21H28N4O4/c1-5-13(2)17(20(26)29-4)24-21(27)25-11-10-16-18(23-12-22-16)19(25)14-6-8-15(28-3)9-7-14/h6-9,12-13,17,19H,5,10-11H2,1-4H3,(H,22,23)(H,24,27)/t13-,17-,19-/m0/s1. The minimum absolute atomic E-state index is 0.0448. The lowest BCUT2D eigenvalue weighted by molar-refractivity contribution is -0.144. The van der Waals surface area contributed by atoms with Crippen LogP contribution >= 0.6 is 0 Å². The van der Waals surface area contributed by atoms with E-state index >= 15 is 0 Å². The number of H-pyrrole nitrogens is 1. The summed E-state index contributed by atoms with van der Waals surface area (Å²) in [4.78, 5) is 34.8. The van der Waals surface area contributed by atoms with E-state index in [1.54, 1.807) is 18.3 Å². The van der Waals surface area contributed by atoms with Gasteiger partial charge in [0.25, 0.3) is 0 Å². The molecule has 0 aliphatic carbocycles. The largest absolute Gasteiger partial charge is 0.497 e. The average Bonchev–Trinajstić information content (AvgIpc) is 3.24. The molecule has 1 aromatic heterocycles. The Hall–Kier alpha value is -3.03. The molecule has 2 aromatic rings. The van der Waals surface area contributed by atoms with Crippen LogP contribution in [0.2, 0.25) is 0 Å². The van der Waals surface area contributed by atoms with Crippen LogP contribution in [-0.4, -0.2) is 53.7 Å². The van der Waals surface area contributed by atoms with E-state index in [4.69, 9.17) is 9.47 Å². The second-order valence-electron chi connectivity index (χ2n) is 7.22. The van der Waals surface area contributed by atoms with E-state index in [-0.39, 0.29) is 18.0 Å². The van der Waals surface area contributed by atoms with Crippen molar-refractivity contribution in [2.24, 2.45) is 5.92 Å². The van der Waals surface area contributed by atoms with Gasteiger partial charge in [0.2, 0.25) is 0 Å². The molecule has 1 aliphatic heterocycles. The first-order chi connectivity index (χ1) is 14.0. The molecule has 0 unspecified atom stereocenters. The van der Waals surface area contributed by atoms with Gasteiger partial charge in [-0.05, 0) is 23.6 Å². The van der Waals surface area contributed by atoms with Crippen molar-refractivity contribution < 1.29 is 19.1 Å². The number of fused-ring (bicyclic) bond motifs is 1. The van der Waals surface area contributed by atoms with Crippen LogP contribution in [0.4, 0.5) is 4.79 Å². The minimum atomic E-state index is -0.699. The first-order valence-electron chi connectivity index (χ1n) is 9.81. The first-order valence-corrected chi connectivity index (χ1v) is 9.81. The number of carbonyl (C=O) groups is 2. The molecular weight excluding hydrogens is 372 g/mol. The molecule has 1 aromatic carbocycles. The van der Waals surface area contributed by atoms with E-state index in [1.165, 1.54) is 7.11 Å². The molecule has 0 bridgehead atoms. The number of aromatic amines is 1. The van der Waals surface area contributed by atoms with Crippen LogP contribution < -0.4 is 10.1 Å². The molecule has 0 radical (unpaired) electrons. The lowest BCUT2D eigenvalue weighted by Gasteiger charge is -2.36. The van der Waals surface area contributed by atoms with E-state index < -0.39 is 12.0 Å². The Morgan fingerprint density at radius 1 is 1.31 bits per heavy atom. The van der Waals surface area contributed by atoms with E-state index in [1.807, 2.05) is 38.1 Å². The summed E-state index contributed by atoms with van der Waals surface area (Å²) >= 11 is 0. The first kappa shape index (κ1) is 20.7. The monoisotopic (exact) mass is 400 g/mol. The van der Waals surface area contributed by atoms with E-state index in [2.05, 4.69) is 15.3 Å². The van der Waals surface area contributed by atoms with Crippen molar-refractivity contribution >= 4 is 12.0 Å². The van der Waals surface area contributed by atoms with E-state index in [9.17, 15) is 9.59 Å². The second kappa shape index (κ2) is 8.98. The van der Waals surface area contributed by atoms with Crippen molar-refractivity contribution in [2.75, 3.05) is 20.8 Å². The number of benzene rings is 1. The van der Waals surface area contributed by atoms with E-state index in [0.717, 1.165) is 29.1 Å². The summed E-state index contributed by atoms with van der Waals surface area (Å²) < 4.78 is 10.2. The SMILES string of the molecule is CC[C@H](C)[C@H](NC(=O)N1CCc2[nH]cnc2[C@@H]1c1ccc(OC)cc1)C(=O)OC. The molecule has 29 heavy (non-hydrogen) atoms. The summed E-state index contributed by atoms with van der Waals surface area (Å²) in [6.45, 7) is 4.40. The van der Waals surface area contributed by atoms with Crippen LogP contribution in [0, 0.1) is 5.92 Å². The van der Waals surface area contributed by atoms with Gasteiger partial charge in [-0.15, -0.1) is 0 Å². The molecule has 0 spiro atoms. The number of ether oxygens (including phenoxy) is 2. The second-order valence-corrected chi connectivity index (χ2v) is 7.22. The lowest BCUT2D eigenvalue weighted by atomic mass is 9.95. The Balaban J connectivity index is 1.91. The maximum atomic E-state index is 13.2. The Labute approximate surface area is 170 Å². The number of imidazole rings is 1. The molecule has 0 saturated carbocycles. The van der Waals surface area contributed by atoms with Crippen LogP contribution in [0.5, 0.6) is 5.75 Å². The normalized spacial score (nSPS) is 17.8. The van der Waals surface area contributed by atoms with Crippen LogP contribution in [0.3, 0.4) is 0 Å². The van der Waals surface area contributed by atoms with Crippen LogP contribution in [0.25, 0.3) is 0 Å². The Bertz CT molecular complexity index is 849. The molecule has 156 valence electrons. The molecule has 2 heterocycles. The summed E-state index contributed by atoms with van der Waals surface area (Å²) in [5.41, 5.74) is 2.75. The Morgan fingerprint density at radius 3 is 2.66 bits per heavy atom. The Morgan fingerprint density at radius 2 is 2.03 bits per heavy atom. The molecule has 3 rings (SSSR count). The van der Waals surface area contributed by atoms with Gasteiger partial charge in [0, 0.05) is 18.7 Å². The summed E-state index contributed by atoms with van der Waals surface area (Å²) in [5, 5.41) is 2.88. The van der Waals surface area contributed by atoms with Crippen molar-refractivity contribution in [3.05, 3.63) is 47.5 Å². The van der Waals surface area contributed by atoms with Gasteiger partial charge < -0.3 is 24.7 Å². The van der Waals surface area contributed by atoms with Crippen LogP contribution in [0.15, 0.2) is 30.6 Å². The van der Waals surface area contributed by atoms with Gasteiger partial charge in [0.1, 0.15) is 17.8 Å². The molecule has 0 fully saturated rings. The smallest absolute Gasteiger partial charge is 0.328 e. The van der Waals surface area contributed by atoms with Gasteiger partial charge in [-0.1, -0.05) is 32.4 Å². The van der Waals surface area contributed by atoms with Crippen molar-refractivity contribution in [2.45, 2.75) is 38.8 Å². The summed E-state index contributed by atoms with van der Waals surface area (Å²) in [5.74, 6) is 0.257. The molecule has 2 N–H and O–H groups in total. The maximum Gasteiger partial charge on any atom is 0.328 e. The fourth-order valence-corrected chi connectivity index (χ4v) is 3.63. The quantitative estimate of drug-likeness (QED) is 0.727. The van der Waals surface area contributed by atoms with Gasteiger partial charge in [-0.2, -0.15) is 0 Å². The maximum absolute atomic E-state index is 13.2. The number of methoxy groups -OCH3 is 2. The number of aromatic nitrogens is 2. The molecule has 3 atom stereocenters. The zero-order valence-corrected chi connectivity index (χ0v) is 17.3. The average molecular weight is 400 g/mol. The zero-order valence-electron chi connectivity index (χ0n) is 17.3. The summed E-state index contributed by atoms with van der Waals surface area (Å²) in [6, 6.07) is 6.22. The zero-order chi connectivity index (χ0) is 21.0. The predicted molar refractivity (Wildman–Crippen MR) is 108 cm³/mol. The highest BCUT2D eigenvalue weighted by molar-refractivity contribution is 5.84. The van der Waals surface area contributed by atoms with Gasteiger partial charge >= 0.3 is 12.0 Å². The van der Waals surface area contributed by atoms with E-state index in [0.29, 0.717) is 13.0 Å². The molecule has 0 saturated heterocycles. The highest BCUT2D eigenvalue weighted by Crippen LogP contribution is 2.34. The highest BCUT2D eigenvalue weighted by atomic mass is 16.5. The third-order valence-electron chi connectivity index (χ3n) is 5.56. The summed E-state index contributed by atoms with van der Waals surface area (Å²) in [7, 11) is 2.95. The fourth-order valence-electron chi connectivity index (χ4n) is 3.63. The fraction of sp³-hybridized carbons (Fsp3) is 0.476.